The van der Waals surface area contributed by atoms with Crippen molar-refractivity contribution in [2.45, 2.75) is 26.8 Å². The lowest BCUT2D eigenvalue weighted by molar-refractivity contribution is 0.344. The Kier molecular flexibility index (Phi) is 4.37. The third kappa shape index (κ3) is 3.22. The summed E-state index contributed by atoms with van der Waals surface area (Å²) in [5.74, 6) is 1.51. The van der Waals surface area contributed by atoms with Crippen LogP contribution in [0.2, 0.25) is 0 Å². The summed E-state index contributed by atoms with van der Waals surface area (Å²) in [5.41, 5.74) is 2.29. The fourth-order valence-corrected chi connectivity index (χ4v) is 3.02. The van der Waals surface area contributed by atoms with Crippen LogP contribution in [0.5, 0.6) is 0 Å². The quantitative estimate of drug-likeness (QED) is 0.913. The van der Waals surface area contributed by atoms with E-state index in [1.807, 2.05) is 0 Å². The summed E-state index contributed by atoms with van der Waals surface area (Å²) in [6.45, 7) is 7.56. The molecule has 0 aliphatic heterocycles. The molecule has 19 heavy (non-hydrogen) atoms. The third-order valence-corrected chi connectivity index (χ3v) is 4.31. The van der Waals surface area contributed by atoms with E-state index in [1.165, 1.54) is 5.56 Å². The Labute approximate surface area is 118 Å². The number of nitrogens with one attached hydrogen (secondary N) is 1. The van der Waals surface area contributed by atoms with E-state index in [9.17, 15) is 0 Å². The van der Waals surface area contributed by atoms with E-state index >= 15 is 0 Å². The molecule has 1 unspecified atom stereocenters. The van der Waals surface area contributed by atoms with E-state index in [1.54, 1.807) is 17.7 Å². The molecule has 0 aliphatic rings. The van der Waals surface area contributed by atoms with Crippen LogP contribution in [0.15, 0.2) is 11.7 Å². The molecule has 0 bridgehead atoms. The van der Waals surface area contributed by atoms with E-state index in [0.717, 1.165) is 22.6 Å². The molecule has 1 N–H and O–H groups in total. The molecule has 104 valence electrons. The molecular weight excluding hydrogens is 256 g/mol. The molecule has 5 heteroatoms. The van der Waals surface area contributed by atoms with Gasteiger partial charge in [-0.1, -0.05) is 13.8 Å². The van der Waals surface area contributed by atoms with Crippen LogP contribution >= 0.6 is 11.3 Å². The van der Waals surface area contributed by atoms with E-state index in [-0.39, 0.29) is 0 Å². The van der Waals surface area contributed by atoms with Crippen molar-refractivity contribution in [3.63, 3.8) is 0 Å². The molecule has 0 amide bonds. The molecule has 0 spiro atoms. The number of hydrogen-bond donors (Lipinski definition) is 1. The minimum atomic E-state index is 0.385. The third-order valence-electron chi connectivity index (χ3n) is 3.22. The van der Waals surface area contributed by atoms with Crippen LogP contribution in [-0.2, 0) is 0 Å². The van der Waals surface area contributed by atoms with E-state index in [4.69, 9.17) is 0 Å². The minimum Gasteiger partial charge on any atom is -0.364 e. The molecule has 0 radical (unpaired) electrons. The zero-order valence-electron chi connectivity index (χ0n) is 12.3. The minimum absolute atomic E-state index is 0.385. The highest BCUT2D eigenvalue weighted by molar-refractivity contribution is 7.18. The number of anilines is 1. The van der Waals surface area contributed by atoms with Crippen molar-refractivity contribution in [2.75, 3.05) is 26.0 Å². The van der Waals surface area contributed by atoms with Gasteiger partial charge in [-0.05, 0) is 37.9 Å². The normalized spacial score (nSPS) is 13.4. The van der Waals surface area contributed by atoms with Gasteiger partial charge >= 0.3 is 0 Å². The van der Waals surface area contributed by atoms with Gasteiger partial charge in [-0.3, -0.25) is 0 Å². The lowest BCUT2D eigenvalue weighted by atomic mass is 10.0. The fraction of sp³-hybridized carbons (Fsp3) is 0.571. The van der Waals surface area contributed by atoms with Gasteiger partial charge in [0.25, 0.3) is 0 Å². The van der Waals surface area contributed by atoms with Crippen LogP contribution in [0, 0.1) is 12.8 Å². The first-order valence-electron chi connectivity index (χ1n) is 6.59. The number of hydrogen-bond acceptors (Lipinski definition) is 5. The topological polar surface area (TPSA) is 41.0 Å². The first-order valence-corrected chi connectivity index (χ1v) is 7.47. The van der Waals surface area contributed by atoms with Gasteiger partial charge < -0.3 is 10.2 Å². The Bertz CT molecular complexity index is 547. The number of fused-ring (bicyclic) bond motifs is 1. The van der Waals surface area contributed by atoms with Crippen molar-refractivity contribution in [2.24, 2.45) is 5.92 Å². The van der Waals surface area contributed by atoms with Crippen molar-refractivity contribution in [1.29, 1.82) is 0 Å². The first-order chi connectivity index (χ1) is 8.99. The predicted octanol–water partition coefficient (Wildman–Crippen LogP) is 3.00. The van der Waals surface area contributed by atoms with Crippen molar-refractivity contribution in [3.8, 4) is 0 Å². The maximum atomic E-state index is 4.42. The van der Waals surface area contributed by atoms with Gasteiger partial charge in [-0.25, -0.2) is 9.97 Å². The van der Waals surface area contributed by atoms with Crippen LogP contribution in [0.3, 0.4) is 0 Å². The SMILES string of the molecule is Cc1csc2c(NC(CN(C)C)C(C)C)ncnc12. The fourth-order valence-electron chi connectivity index (χ4n) is 2.06. The molecule has 1 atom stereocenters. The molecule has 2 aromatic heterocycles. The Balaban J connectivity index is 2.28. The first kappa shape index (κ1) is 14.2. The van der Waals surface area contributed by atoms with E-state index in [0.29, 0.717) is 12.0 Å². The number of rotatable bonds is 5. The molecule has 2 heterocycles. The maximum absolute atomic E-state index is 4.42. The Morgan fingerprint density at radius 1 is 1.32 bits per heavy atom. The summed E-state index contributed by atoms with van der Waals surface area (Å²) in [5, 5.41) is 5.72. The second kappa shape index (κ2) is 5.84. The van der Waals surface area contributed by atoms with Gasteiger partial charge in [0.2, 0.25) is 0 Å². The molecular formula is C14H22N4S. The van der Waals surface area contributed by atoms with Crippen molar-refractivity contribution in [1.82, 2.24) is 14.9 Å². The lowest BCUT2D eigenvalue weighted by Gasteiger charge is -2.26. The average molecular weight is 278 g/mol. The molecule has 0 aromatic carbocycles. The molecule has 0 saturated heterocycles. The Morgan fingerprint density at radius 2 is 2.05 bits per heavy atom. The van der Waals surface area contributed by atoms with Gasteiger partial charge in [0.05, 0.1) is 10.2 Å². The molecule has 0 fully saturated rings. The number of aromatic nitrogens is 2. The molecule has 2 rings (SSSR count). The summed E-state index contributed by atoms with van der Waals surface area (Å²) >= 11 is 1.71. The molecule has 0 saturated carbocycles. The van der Waals surface area contributed by atoms with Gasteiger partial charge in [0, 0.05) is 12.6 Å². The molecule has 4 nitrogen and oxygen atoms in total. The van der Waals surface area contributed by atoms with E-state index in [2.05, 4.69) is 60.4 Å². The number of aryl methyl sites for hydroxylation is 1. The van der Waals surface area contributed by atoms with Crippen molar-refractivity contribution >= 4 is 27.4 Å². The molecule has 2 aromatic rings. The van der Waals surface area contributed by atoms with Crippen LogP contribution in [0.4, 0.5) is 5.82 Å². The van der Waals surface area contributed by atoms with Gasteiger partial charge in [0.1, 0.15) is 12.1 Å². The van der Waals surface area contributed by atoms with Crippen molar-refractivity contribution < 1.29 is 0 Å². The Morgan fingerprint density at radius 3 is 2.68 bits per heavy atom. The summed E-state index contributed by atoms with van der Waals surface area (Å²) in [6.07, 6.45) is 1.65. The Hall–Kier alpha value is -1.20. The van der Waals surface area contributed by atoms with Gasteiger partial charge in [-0.15, -0.1) is 11.3 Å². The van der Waals surface area contributed by atoms with Gasteiger partial charge in [0.15, 0.2) is 0 Å². The van der Waals surface area contributed by atoms with E-state index < -0.39 is 0 Å². The summed E-state index contributed by atoms with van der Waals surface area (Å²) in [7, 11) is 4.20. The highest BCUT2D eigenvalue weighted by Crippen LogP contribution is 2.29. The number of nitrogens with zero attached hydrogens (tertiary/aromatic N) is 3. The average Bonchev–Trinajstić information content (AvgIpc) is 2.71. The second-order valence-electron chi connectivity index (χ2n) is 5.58. The van der Waals surface area contributed by atoms with Crippen LogP contribution in [-0.4, -0.2) is 41.5 Å². The second-order valence-corrected chi connectivity index (χ2v) is 6.46. The van der Waals surface area contributed by atoms with Crippen molar-refractivity contribution in [3.05, 3.63) is 17.3 Å². The largest absolute Gasteiger partial charge is 0.364 e. The summed E-state index contributed by atoms with van der Waals surface area (Å²) in [6, 6.07) is 0.385. The van der Waals surface area contributed by atoms with Crippen LogP contribution in [0.25, 0.3) is 10.2 Å². The maximum Gasteiger partial charge on any atom is 0.147 e. The monoisotopic (exact) mass is 278 g/mol. The zero-order valence-corrected chi connectivity index (χ0v) is 13.1. The van der Waals surface area contributed by atoms with Gasteiger partial charge in [-0.2, -0.15) is 0 Å². The van der Waals surface area contributed by atoms with Crippen LogP contribution in [0.1, 0.15) is 19.4 Å². The zero-order chi connectivity index (χ0) is 14.0. The number of likely N-dealkylation sites (N-methyl/N-ethyl adjacent to an activating group) is 1. The standard InChI is InChI=1S/C14H22N4S/c1-9(2)11(6-18(4)5)17-14-13-12(15-8-16-14)10(3)7-19-13/h7-9,11H,6H2,1-5H3,(H,15,16,17). The lowest BCUT2D eigenvalue weighted by Crippen LogP contribution is -2.36. The smallest absolute Gasteiger partial charge is 0.147 e. The summed E-state index contributed by atoms with van der Waals surface area (Å²) < 4.78 is 1.16. The number of thiophene rings is 1. The van der Waals surface area contributed by atoms with Crippen LogP contribution < -0.4 is 5.32 Å². The summed E-state index contributed by atoms with van der Waals surface area (Å²) in [4.78, 5) is 11.0. The highest BCUT2D eigenvalue weighted by Gasteiger charge is 2.17. The highest BCUT2D eigenvalue weighted by atomic mass is 32.1. The molecule has 0 aliphatic carbocycles. The predicted molar refractivity (Wildman–Crippen MR) is 83.0 cm³/mol.